The zero-order valence-electron chi connectivity index (χ0n) is 14.8. The summed E-state index contributed by atoms with van der Waals surface area (Å²) in [6.45, 7) is 1.35. The van der Waals surface area contributed by atoms with E-state index in [1.807, 2.05) is 35.2 Å². The highest BCUT2D eigenvalue weighted by atomic mass is 16.2. The van der Waals surface area contributed by atoms with Crippen LogP contribution in [0.1, 0.15) is 31.2 Å². The van der Waals surface area contributed by atoms with E-state index in [0.717, 1.165) is 48.7 Å². The van der Waals surface area contributed by atoms with Gasteiger partial charge in [0.25, 0.3) is 0 Å². The molecule has 2 fully saturated rings. The molecular weight excluding hydrogens is 328 g/mol. The van der Waals surface area contributed by atoms with Gasteiger partial charge >= 0.3 is 6.03 Å². The van der Waals surface area contributed by atoms with Crippen molar-refractivity contribution >= 4 is 22.8 Å². The lowest BCUT2D eigenvalue weighted by molar-refractivity contribution is -0.131. The lowest BCUT2D eigenvalue weighted by atomic mass is 10.0. The van der Waals surface area contributed by atoms with Crippen molar-refractivity contribution in [1.29, 1.82) is 0 Å². The van der Waals surface area contributed by atoms with E-state index in [1.165, 1.54) is 6.42 Å². The Labute approximate surface area is 153 Å². The maximum Gasteiger partial charge on any atom is 0.315 e. The number of urea groups is 1. The number of hydrogen-bond acceptors (Lipinski definition) is 3. The van der Waals surface area contributed by atoms with Crippen LogP contribution in [0.5, 0.6) is 0 Å². The fourth-order valence-corrected chi connectivity index (χ4v) is 4.12. The van der Waals surface area contributed by atoms with Gasteiger partial charge < -0.3 is 15.5 Å². The van der Waals surface area contributed by atoms with Gasteiger partial charge in [0.05, 0.1) is 5.52 Å². The van der Waals surface area contributed by atoms with E-state index >= 15 is 0 Å². The topological polar surface area (TPSA) is 74.3 Å². The Hall–Kier alpha value is -2.63. The quantitative estimate of drug-likeness (QED) is 0.886. The summed E-state index contributed by atoms with van der Waals surface area (Å²) in [5, 5.41) is 6.85. The molecule has 2 unspecified atom stereocenters. The third-order valence-corrected chi connectivity index (χ3v) is 5.44. The van der Waals surface area contributed by atoms with E-state index in [0.29, 0.717) is 12.6 Å². The molecule has 0 aliphatic carbocycles. The van der Waals surface area contributed by atoms with Gasteiger partial charge in [-0.25, -0.2) is 4.79 Å². The molecule has 2 saturated heterocycles. The van der Waals surface area contributed by atoms with Gasteiger partial charge in [-0.15, -0.1) is 0 Å². The summed E-state index contributed by atoms with van der Waals surface area (Å²) in [4.78, 5) is 30.9. The molecular formula is C20H24N4O2. The first-order chi connectivity index (χ1) is 12.7. The van der Waals surface area contributed by atoms with Crippen LogP contribution < -0.4 is 10.6 Å². The highest BCUT2D eigenvalue weighted by Crippen LogP contribution is 2.27. The number of benzene rings is 1. The molecule has 2 N–H and O–H groups in total. The van der Waals surface area contributed by atoms with Crippen LogP contribution in [0.4, 0.5) is 4.79 Å². The fraction of sp³-hybridized carbons (Fsp3) is 0.450. The summed E-state index contributed by atoms with van der Waals surface area (Å²) in [6, 6.07) is 9.65. The molecule has 2 aliphatic heterocycles. The number of piperidine rings is 1. The summed E-state index contributed by atoms with van der Waals surface area (Å²) in [5.74, 6) is 0.0741. The molecule has 4 rings (SSSR count). The second kappa shape index (κ2) is 7.32. The molecule has 136 valence electrons. The molecule has 1 aromatic heterocycles. The van der Waals surface area contributed by atoms with Gasteiger partial charge in [0.15, 0.2) is 0 Å². The van der Waals surface area contributed by atoms with Crippen molar-refractivity contribution in [2.24, 2.45) is 0 Å². The summed E-state index contributed by atoms with van der Waals surface area (Å²) < 4.78 is 0. The molecule has 0 radical (unpaired) electrons. The van der Waals surface area contributed by atoms with E-state index in [9.17, 15) is 9.59 Å². The molecule has 3 heterocycles. The lowest BCUT2D eigenvalue weighted by Gasteiger charge is -2.28. The predicted molar refractivity (Wildman–Crippen MR) is 99.7 cm³/mol. The number of nitrogens with one attached hydrogen (secondary N) is 2. The number of amides is 3. The van der Waals surface area contributed by atoms with E-state index in [-0.39, 0.29) is 18.0 Å². The van der Waals surface area contributed by atoms with Crippen molar-refractivity contribution in [3.8, 4) is 0 Å². The average Bonchev–Trinajstić information content (AvgIpc) is 2.98. The van der Waals surface area contributed by atoms with Gasteiger partial charge in [-0.05, 0) is 49.8 Å². The van der Waals surface area contributed by atoms with Gasteiger partial charge in [0, 0.05) is 30.7 Å². The van der Waals surface area contributed by atoms with Gasteiger partial charge in [-0.1, -0.05) is 18.2 Å². The normalized spacial score (nSPS) is 22.3. The largest absolute Gasteiger partial charge is 0.338 e. The van der Waals surface area contributed by atoms with Crippen molar-refractivity contribution in [2.45, 2.75) is 44.2 Å². The van der Waals surface area contributed by atoms with E-state index in [2.05, 4.69) is 15.6 Å². The van der Waals surface area contributed by atoms with Crippen LogP contribution in [0, 0.1) is 0 Å². The summed E-state index contributed by atoms with van der Waals surface area (Å²) in [7, 11) is 0. The Morgan fingerprint density at radius 1 is 1.23 bits per heavy atom. The third kappa shape index (κ3) is 3.36. The molecule has 2 aromatic rings. The highest BCUT2D eigenvalue weighted by Gasteiger charge is 2.40. The van der Waals surface area contributed by atoms with Crippen molar-refractivity contribution in [2.75, 3.05) is 13.1 Å². The van der Waals surface area contributed by atoms with Gasteiger partial charge in [-0.3, -0.25) is 9.78 Å². The number of fused-ring (bicyclic) bond motifs is 2. The summed E-state index contributed by atoms with van der Waals surface area (Å²) in [6.07, 6.45) is 6.56. The molecule has 26 heavy (non-hydrogen) atoms. The Morgan fingerprint density at radius 2 is 2.12 bits per heavy atom. The Bertz CT molecular complexity index is 817. The van der Waals surface area contributed by atoms with Crippen molar-refractivity contribution < 1.29 is 9.59 Å². The molecule has 2 aliphatic rings. The summed E-state index contributed by atoms with van der Waals surface area (Å²) in [5.41, 5.74) is 2.12. The van der Waals surface area contributed by atoms with Crippen LogP contribution in [0.15, 0.2) is 36.5 Å². The van der Waals surface area contributed by atoms with E-state index in [1.54, 1.807) is 6.20 Å². The molecule has 0 spiro atoms. The minimum Gasteiger partial charge on any atom is -0.338 e. The van der Waals surface area contributed by atoms with Crippen molar-refractivity contribution in [3.05, 3.63) is 42.1 Å². The number of nitrogens with zero attached hydrogens (tertiary/aromatic N) is 2. The lowest BCUT2D eigenvalue weighted by Crippen LogP contribution is -2.47. The zero-order valence-corrected chi connectivity index (χ0v) is 14.8. The van der Waals surface area contributed by atoms with Crippen LogP contribution in [-0.4, -0.2) is 47.0 Å². The monoisotopic (exact) mass is 352 g/mol. The number of para-hydroxylation sites is 1. The van der Waals surface area contributed by atoms with Gasteiger partial charge in [0.1, 0.15) is 6.04 Å². The van der Waals surface area contributed by atoms with E-state index in [4.69, 9.17) is 0 Å². The van der Waals surface area contributed by atoms with Crippen LogP contribution >= 0.6 is 0 Å². The van der Waals surface area contributed by atoms with Crippen LogP contribution in [0.25, 0.3) is 10.9 Å². The number of carbonyl (C=O) groups is 2. The third-order valence-electron chi connectivity index (χ3n) is 5.44. The Morgan fingerprint density at radius 3 is 3.00 bits per heavy atom. The number of aromatic nitrogens is 1. The first-order valence-electron chi connectivity index (χ1n) is 9.40. The number of hydrogen-bond donors (Lipinski definition) is 2. The molecule has 0 saturated carbocycles. The zero-order chi connectivity index (χ0) is 17.9. The SMILES string of the molecule is O=C(NCCc1ccnc2ccccc12)NC1CC2CCCCN2C1=O. The number of carbonyl (C=O) groups excluding carboxylic acids is 2. The molecule has 3 amide bonds. The first-order valence-corrected chi connectivity index (χ1v) is 9.40. The standard InChI is InChI=1S/C20H24N4O2/c25-19-18(13-15-5-3-4-12-24(15)19)23-20(26)22-11-9-14-8-10-21-17-7-2-1-6-16(14)17/h1-2,6-8,10,15,18H,3-5,9,11-13H2,(H2,22,23,26). The van der Waals surface area contributed by atoms with Crippen LogP contribution in [0.3, 0.4) is 0 Å². The van der Waals surface area contributed by atoms with E-state index < -0.39 is 0 Å². The second-order valence-corrected chi connectivity index (χ2v) is 7.11. The second-order valence-electron chi connectivity index (χ2n) is 7.11. The Kier molecular flexibility index (Phi) is 4.73. The molecule has 6 nitrogen and oxygen atoms in total. The number of rotatable bonds is 4. The predicted octanol–water partition coefficient (Wildman–Crippen LogP) is 2.23. The first kappa shape index (κ1) is 16.8. The van der Waals surface area contributed by atoms with Crippen molar-refractivity contribution in [3.63, 3.8) is 0 Å². The Balaban J connectivity index is 1.30. The molecule has 1 aromatic carbocycles. The minimum atomic E-state index is -0.375. The van der Waals surface area contributed by atoms with Crippen LogP contribution in [0.2, 0.25) is 0 Å². The van der Waals surface area contributed by atoms with Crippen molar-refractivity contribution in [1.82, 2.24) is 20.5 Å². The summed E-state index contributed by atoms with van der Waals surface area (Å²) >= 11 is 0. The van der Waals surface area contributed by atoms with Crippen LogP contribution in [-0.2, 0) is 11.2 Å². The fourth-order valence-electron chi connectivity index (χ4n) is 4.12. The highest BCUT2D eigenvalue weighted by molar-refractivity contribution is 5.89. The number of pyridine rings is 1. The molecule has 6 heteroatoms. The molecule has 0 bridgehead atoms. The average molecular weight is 352 g/mol. The maximum absolute atomic E-state index is 12.4. The molecule has 2 atom stereocenters. The smallest absolute Gasteiger partial charge is 0.315 e. The maximum atomic E-state index is 12.4. The van der Waals surface area contributed by atoms with Gasteiger partial charge in [0.2, 0.25) is 5.91 Å². The minimum absolute atomic E-state index is 0.0741. The van der Waals surface area contributed by atoms with Gasteiger partial charge in [-0.2, -0.15) is 0 Å².